The number of benzene rings is 1. The molecule has 1 saturated heterocycles. The van der Waals surface area contributed by atoms with E-state index in [0.29, 0.717) is 12.1 Å². The van der Waals surface area contributed by atoms with Crippen LogP contribution in [0.15, 0.2) is 24.3 Å². The van der Waals surface area contributed by atoms with Gasteiger partial charge in [-0.15, -0.1) is 0 Å². The van der Waals surface area contributed by atoms with Gasteiger partial charge in [-0.25, -0.2) is 0 Å². The lowest BCUT2D eigenvalue weighted by atomic mass is 10.0. The van der Waals surface area contributed by atoms with E-state index in [-0.39, 0.29) is 0 Å². The maximum absolute atomic E-state index is 5.93. The molecule has 0 bridgehead atoms. The molecule has 2 nitrogen and oxygen atoms in total. The average Bonchev–Trinajstić information content (AvgIpc) is 2.30. The molecule has 2 rings (SSSR count). The van der Waals surface area contributed by atoms with Gasteiger partial charge in [0.25, 0.3) is 0 Å². The summed E-state index contributed by atoms with van der Waals surface area (Å²) in [6.07, 6.45) is 2.27. The van der Waals surface area contributed by atoms with E-state index in [0.717, 1.165) is 25.9 Å². The van der Waals surface area contributed by atoms with Gasteiger partial charge in [0.2, 0.25) is 0 Å². The number of hydrogen-bond acceptors (Lipinski definition) is 2. The summed E-state index contributed by atoms with van der Waals surface area (Å²) in [5.74, 6) is 0. The molecule has 1 heterocycles. The van der Waals surface area contributed by atoms with Crippen molar-refractivity contribution < 1.29 is 0 Å². The summed E-state index contributed by atoms with van der Waals surface area (Å²) in [6, 6.07) is 9.82. The van der Waals surface area contributed by atoms with Gasteiger partial charge in [0.05, 0.1) is 0 Å². The zero-order valence-corrected chi connectivity index (χ0v) is 10.3. The van der Waals surface area contributed by atoms with Crippen LogP contribution >= 0.6 is 0 Å². The van der Waals surface area contributed by atoms with Crippen LogP contribution in [0, 0.1) is 6.92 Å². The van der Waals surface area contributed by atoms with Gasteiger partial charge < -0.3 is 5.73 Å². The van der Waals surface area contributed by atoms with Gasteiger partial charge in [-0.05, 0) is 32.3 Å². The predicted octanol–water partition coefficient (Wildman–Crippen LogP) is 2.48. The van der Waals surface area contributed by atoms with Crippen LogP contribution in [0.2, 0.25) is 0 Å². The third kappa shape index (κ3) is 2.63. The minimum atomic E-state index is 0.418. The Morgan fingerprint density at radius 1 is 1.19 bits per heavy atom. The second kappa shape index (κ2) is 4.98. The van der Waals surface area contributed by atoms with Gasteiger partial charge >= 0.3 is 0 Å². The molecule has 0 amide bonds. The summed E-state index contributed by atoms with van der Waals surface area (Å²) in [4.78, 5) is 2.54. The molecular weight excluding hydrogens is 196 g/mol. The molecule has 1 atom stereocenters. The largest absolute Gasteiger partial charge is 0.328 e. The van der Waals surface area contributed by atoms with Crippen molar-refractivity contribution in [3.05, 3.63) is 35.4 Å². The third-order valence-electron chi connectivity index (χ3n) is 3.68. The predicted molar refractivity (Wildman–Crippen MR) is 68.4 cm³/mol. The Hall–Kier alpha value is -0.860. The second-order valence-electron chi connectivity index (χ2n) is 4.96. The molecule has 1 aliphatic heterocycles. The van der Waals surface area contributed by atoms with Gasteiger partial charge in [0, 0.05) is 25.2 Å². The van der Waals surface area contributed by atoms with Gasteiger partial charge in [-0.2, -0.15) is 0 Å². The topological polar surface area (TPSA) is 29.3 Å². The highest BCUT2D eigenvalue weighted by molar-refractivity contribution is 5.23. The van der Waals surface area contributed by atoms with Crippen molar-refractivity contribution in [2.45, 2.75) is 38.8 Å². The Morgan fingerprint density at radius 3 is 2.31 bits per heavy atom. The lowest BCUT2D eigenvalue weighted by molar-refractivity contribution is 0.163. The first-order valence-electron chi connectivity index (χ1n) is 6.23. The van der Waals surface area contributed by atoms with Gasteiger partial charge in [0.1, 0.15) is 0 Å². The molecule has 0 spiro atoms. The lowest BCUT2D eigenvalue weighted by Gasteiger charge is -2.35. The summed E-state index contributed by atoms with van der Waals surface area (Å²) >= 11 is 0. The highest BCUT2D eigenvalue weighted by Crippen LogP contribution is 2.23. The van der Waals surface area contributed by atoms with Crippen molar-refractivity contribution in [2.75, 3.05) is 13.1 Å². The van der Waals surface area contributed by atoms with Crippen LogP contribution in [-0.2, 0) is 0 Å². The summed E-state index contributed by atoms with van der Waals surface area (Å²) in [5, 5.41) is 0. The number of nitrogens with two attached hydrogens (primary N) is 1. The van der Waals surface area contributed by atoms with Crippen molar-refractivity contribution in [2.24, 2.45) is 5.73 Å². The van der Waals surface area contributed by atoms with Crippen LogP contribution < -0.4 is 5.73 Å². The number of rotatable bonds is 2. The first-order chi connectivity index (χ1) is 7.66. The maximum atomic E-state index is 5.93. The van der Waals surface area contributed by atoms with Crippen LogP contribution in [-0.4, -0.2) is 24.0 Å². The fourth-order valence-corrected chi connectivity index (χ4v) is 2.36. The number of aryl methyl sites for hydroxylation is 1. The number of hydrogen-bond donors (Lipinski definition) is 1. The second-order valence-corrected chi connectivity index (χ2v) is 4.96. The highest BCUT2D eigenvalue weighted by atomic mass is 15.2. The van der Waals surface area contributed by atoms with E-state index in [1.807, 2.05) is 0 Å². The maximum Gasteiger partial charge on any atom is 0.0319 e. The third-order valence-corrected chi connectivity index (χ3v) is 3.68. The molecule has 1 aromatic carbocycles. The van der Waals surface area contributed by atoms with Crippen molar-refractivity contribution in [1.82, 2.24) is 4.90 Å². The smallest absolute Gasteiger partial charge is 0.0319 e. The molecule has 1 fully saturated rings. The summed E-state index contributed by atoms with van der Waals surface area (Å²) in [7, 11) is 0. The average molecular weight is 218 g/mol. The Bertz CT molecular complexity index is 323. The molecule has 0 radical (unpaired) electrons. The molecule has 0 saturated carbocycles. The fourth-order valence-electron chi connectivity index (χ4n) is 2.36. The fraction of sp³-hybridized carbons (Fsp3) is 0.571. The van der Waals surface area contributed by atoms with Crippen molar-refractivity contribution in [1.29, 1.82) is 0 Å². The first kappa shape index (κ1) is 11.6. The Kier molecular flexibility index (Phi) is 3.62. The van der Waals surface area contributed by atoms with Crippen LogP contribution in [0.4, 0.5) is 0 Å². The van der Waals surface area contributed by atoms with Crippen molar-refractivity contribution in [3.63, 3.8) is 0 Å². The monoisotopic (exact) mass is 218 g/mol. The Morgan fingerprint density at radius 2 is 1.75 bits per heavy atom. The Balaban J connectivity index is 2.01. The van der Waals surface area contributed by atoms with Gasteiger partial charge in [-0.3, -0.25) is 4.90 Å². The van der Waals surface area contributed by atoms with E-state index in [2.05, 4.69) is 43.0 Å². The molecule has 1 aromatic rings. The molecule has 1 unspecified atom stereocenters. The van der Waals surface area contributed by atoms with Crippen LogP contribution in [0.1, 0.15) is 36.9 Å². The van der Waals surface area contributed by atoms with Crippen LogP contribution in [0.5, 0.6) is 0 Å². The summed E-state index contributed by atoms with van der Waals surface area (Å²) in [6.45, 7) is 6.70. The van der Waals surface area contributed by atoms with E-state index < -0.39 is 0 Å². The van der Waals surface area contributed by atoms with E-state index in [4.69, 9.17) is 5.73 Å². The minimum absolute atomic E-state index is 0.418. The minimum Gasteiger partial charge on any atom is -0.328 e. The zero-order valence-electron chi connectivity index (χ0n) is 10.3. The molecule has 16 heavy (non-hydrogen) atoms. The van der Waals surface area contributed by atoms with Crippen LogP contribution in [0.3, 0.4) is 0 Å². The van der Waals surface area contributed by atoms with E-state index in [1.165, 1.54) is 11.1 Å². The molecule has 1 aliphatic rings. The quantitative estimate of drug-likeness (QED) is 0.826. The van der Waals surface area contributed by atoms with Crippen molar-refractivity contribution >= 4 is 0 Å². The van der Waals surface area contributed by atoms with E-state index >= 15 is 0 Å². The molecule has 2 heteroatoms. The zero-order chi connectivity index (χ0) is 11.5. The normalized spacial score (nSPS) is 20.9. The summed E-state index contributed by atoms with van der Waals surface area (Å²) < 4.78 is 0. The van der Waals surface area contributed by atoms with Gasteiger partial charge in [0.15, 0.2) is 0 Å². The van der Waals surface area contributed by atoms with Crippen LogP contribution in [0.25, 0.3) is 0 Å². The first-order valence-corrected chi connectivity index (χ1v) is 6.23. The Labute approximate surface area is 98.4 Å². The molecule has 0 aliphatic carbocycles. The van der Waals surface area contributed by atoms with Crippen molar-refractivity contribution in [3.8, 4) is 0 Å². The van der Waals surface area contributed by atoms with E-state index in [9.17, 15) is 0 Å². The number of nitrogens with zero attached hydrogens (tertiary/aromatic N) is 1. The molecule has 0 aromatic heterocycles. The molecule has 2 N–H and O–H groups in total. The highest BCUT2D eigenvalue weighted by Gasteiger charge is 2.21. The summed E-state index contributed by atoms with van der Waals surface area (Å²) in [5.41, 5.74) is 8.68. The molecular formula is C14H22N2. The SMILES string of the molecule is Cc1ccc(C(C)N2CCC(N)CC2)cc1. The lowest BCUT2D eigenvalue weighted by Crippen LogP contribution is -2.40. The number of likely N-dealkylation sites (tertiary alicyclic amines) is 1. The molecule has 88 valence electrons. The van der Waals surface area contributed by atoms with E-state index in [1.54, 1.807) is 0 Å². The number of piperidine rings is 1. The standard InChI is InChI=1S/C14H22N2/c1-11-3-5-13(6-4-11)12(2)16-9-7-14(15)8-10-16/h3-6,12,14H,7-10,15H2,1-2H3. The van der Waals surface area contributed by atoms with Gasteiger partial charge in [-0.1, -0.05) is 29.8 Å².